The van der Waals surface area contributed by atoms with Gasteiger partial charge in [0.25, 0.3) is 0 Å². The zero-order valence-corrected chi connectivity index (χ0v) is 17.5. The normalized spacial score (nSPS) is 13.0. The van der Waals surface area contributed by atoms with Gasteiger partial charge >= 0.3 is 0 Å². The van der Waals surface area contributed by atoms with Gasteiger partial charge in [0.15, 0.2) is 0 Å². The first-order chi connectivity index (χ1) is 11.2. The largest absolute Gasteiger partial charge is 0.399 e. The van der Waals surface area contributed by atoms with Crippen molar-refractivity contribution in [2.45, 2.75) is 17.4 Å². The second-order valence-corrected chi connectivity index (χ2v) is 11.5. The summed E-state index contributed by atoms with van der Waals surface area (Å²) in [5, 5.41) is 0. The van der Waals surface area contributed by atoms with Gasteiger partial charge in [-0.25, -0.2) is 8.42 Å². The first kappa shape index (κ1) is 21.0. The molecule has 0 atom stereocenters. The minimum atomic E-state index is -4.22. The monoisotopic (exact) mass is 480 g/mol. The van der Waals surface area contributed by atoms with Crippen LogP contribution < -0.4 is 11.5 Å². The van der Waals surface area contributed by atoms with Gasteiger partial charge in [-0.1, -0.05) is 69.6 Å². The molecular formula is C14H10Cl6N2O2S. The average Bonchev–Trinajstić information content (AvgIpc) is 2.44. The fraction of sp³-hybridized carbons (Fsp3) is 0.143. The molecule has 2 aromatic carbocycles. The summed E-state index contributed by atoms with van der Waals surface area (Å²) < 4.78 is 22.2. The molecule has 136 valence electrons. The van der Waals surface area contributed by atoms with E-state index in [1.807, 2.05) is 0 Å². The molecule has 0 unspecified atom stereocenters. The molecule has 0 saturated carbocycles. The van der Waals surface area contributed by atoms with Crippen molar-refractivity contribution >= 4 is 90.8 Å². The minimum Gasteiger partial charge on any atom is -0.399 e. The lowest BCUT2D eigenvalue weighted by Gasteiger charge is -2.21. The fourth-order valence-corrected chi connectivity index (χ4v) is 5.13. The summed E-state index contributed by atoms with van der Waals surface area (Å²) in [5.41, 5.74) is 11.6. The number of nitrogens with two attached hydrogens (primary N) is 2. The van der Waals surface area contributed by atoms with Crippen LogP contribution in [0, 0.1) is 0 Å². The van der Waals surface area contributed by atoms with Crippen LogP contribution >= 0.6 is 69.6 Å². The van der Waals surface area contributed by atoms with Crippen LogP contribution in [0.25, 0.3) is 0 Å². The van der Waals surface area contributed by atoms with Gasteiger partial charge in [0, 0.05) is 22.5 Å². The summed E-state index contributed by atoms with van der Waals surface area (Å²) in [6, 6.07) is 7.68. The summed E-state index contributed by atoms with van der Waals surface area (Å²) in [5.74, 6) is 0. The third kappa shape index (κ3) is 4.53. The van der Waals surface area contributed by atoms with Crippen LogP contribution in [0.5, 0.6) is 0 Å². The van der Waals surface area contributed by atoms with E-state index in [4.69, 9.17) is 81.1 Å². The Hall–Kier alpha value is -0.270. The van der Waals surface area contributed by atoms with Crippen molar-refractivity contribution in [3.8, 4) is 0 Å². The number of benzene rings is 2. The highest BCUT2D eigenvalue weighted by molar-refractivity contribution is 7.91. The average molecular weight is 483 g/mol. The summed E-state index contributed by atoms with van der Waals surface area (Å²) in [6.45, 7) is 0. The van der Waals surface area contributed by atoms with Gasteiger partial charge in [0.05, 0.1) is 9.79 Å². The molecule has 0 spiro atoms. The number of hydrogen-bond donors (Lipinski definition) is 2. The number of sulfone groups is 1. The van der Waals surface area contributed by atoms with Crippen LogP contribution in [0.1, 0.15) is 11.1 Å². The molecule has 0 bridgehead atoms. The maximum atomic E-state index is 13.2. The van der Waals surface area contributed by atoms with Crippen LogP contribution in [-0.2, 0) is 17.4 Å². The maximum Gasteiger partial charge on any atom is 0.217 e. The molecule has 0 amide bonds. The lowest BCUT2D eigenvalue weighted by Crippen LogP contribution is -2.16. The summed E-state index contributed by atoms with van der Waals surface area (Å²) >= 11 is 35.4. The standard InChI is InChI=1S/C14H10Cl6N2O2S/c15-13(16,17)9-5-7(21)1-3-11(9)25(23,24)12-4-2-8(22)6-10(12)14(18,19)20/h1-6H,21-22H2. The van der Waals surface area contributed by atoms with Gasteiger partial charge in [0.2, 0.25) is 17.4 Å². The number of halogens is 6. The first-order valence-corrected chi connectivity index (χ1v) is 10.2. The highest BCUT2D eigenvalue weighted by Crippen LogP contribution is 2.46. The second-order valence-electron chi connectivity index (χ2n) is 5.01. The lowest BCUT2D eigenvalue weighted by atomic mass is 10.2. The number of nitrogen functional groups attached to an aromatic ring is 2. The maximum absolute atomic E-state index is 13.2. The Morgan fingerprint density at radius 1 is 0.680 bits per heavy atom. The van der Waals surface area contributed by atoms with Crippen molar-refractivity contribution in [3.63, 3.8) is 0 Å². The Kier molecular flexibility index (Phi) is 5.92. The molecule has 0 heterocycles. The number of rotatable bonds is 2. The first-order valence-electron chi connectivity index (χ1n) is 6.43. The van der Waals surface area contributed by atoms with Gasteiger partial charge in [-0.3, -0.25) is 0 Å². The van der Waals surface area contributed by atoms with E-state index in [-0.39, 0.29) is 32.3 Å². The molecule has 0 aliphatic carbocycles. The number of anilines is 2. The number of alkyl halides is 6. The molecule has 0 saturated heterocycles. The predicted octanol–water partition coefficient (Wildman–Crippen LogP) is 5.34. The van der Waals surface area contributed by atoms with Crippen LogP contribution in [-0.4, -0.2) is 8.42 Å². The Bertz CT molecular complexity index is 850. The fourth-order valence-electron chi connectivity index (χ4n) is 2.13. The van der Waals surface area contributed by atoms with Crippen LogP contribution in [0.15, 0.2) is 46.2 Å². The SMILES string of the molecule is Nc1ccc(S(=O)(=O)c2ccc(N)cc2C(Cl)(Cl)Cl)c(C(Cl)(Cl)Cl)c1. The lowest BCUT2D eigenvalue weighted by molar-refractivity contribution is 0.594. The zero-order valence-electron chi connectivity index (χ0n) is 12.1. The quantitative estimate of drug-likeness (QED) is 0.447. The van der Waals surface area contributed by atoms with Gasteiger partial charge in [-0.05, 0) is 36.4 Å². The third-order valence-corrected chi connectivity index (χ3v) is 6.29. The van der Waals surface area contributed by atoms with Crippen molar-refractivity contribution < 1.29 is 8.42 Å². The zero-order chi connectivity index (χ0) is 19.2. The van der Waals surface area contributed by atoms with Gasteiger partial charge in [-0.15, -0.1) is 0 Å². The van der Waals surface area contributed by atoms with Crippen LogP contribution in [0.3, 0.4) is 0 Å². The minimum absolute atomic E-state index is 0.121. The van der Waals surface area contributed by atoms with Crippen molar-refractivity contribution in [3.05, 3.63) is 47.5 Å². The van der Waals surface area contributed by atoms with E-state index in [1.54, 1.807) is 0 Å². The highest BCUT2D eigenvalue weighted by Gasteiger charge is 2.36. The molecular weight excluding hydrogens is 473 g/mol. The van der Waals surface area contributed by atoms with E-state index in [2.05, 4.69) is 0 Å². The second kappa shape index (κ2) is 7.04. The summed E-state index contributed by atoms with van der Waals surface area (Å²) in [7, 11) is -4.22. The Morgan fingerprint density at radius 3 is 1.28 bits per heavy atom. The van der Waals surface area contributed by atoms with Crippen molar-refractivity contribution in [2.75, 3.05) is 11.5 Å². The summed E-state index contributed by atoms with van der Waals surface area (Å²) in [4.78, 5) is -0.552. The molecule has 0 fully saturated rings. The van der Waals surface area contributed by atoms with Gasteiger partial charge in [0.1, 0.15) is 0 Å². The molecule has 4 nitrogen and oxygen atoms in total. The Balaban J connectivity index is 2.83. The third-order valence-electron chi connectivity index (χ3n) is 3.20. The van der Waals surface area contributed by atoms with Gasteiger partial charge < -0.3 is 11.5 Å². The predicted molar refractivity (Wildman–Crippen MR) is 106 cm³/mol. The van der Waals surface area contributed by atoms with E-state index in [9.17, 15) is 8.42 Å². The highest BCUT2D eigenvalue weighted by atomic mass is 35.6. The van der Waals surface area contributed by atoms with Crippen LogP contribution in [0.4, 0.5) is 11.4 Å². The smallest absolute Gasteiger partial charge is 0.217 e. The molecule has 25 heavy (non-hydrogen) atoms. The topological polar surface area (TPSA) is 86.2 Å². The Morgan fingerprint density at radius 2 is 1.00 bits per heavy atom. The van der Waals surface area contributed by atoms with Crippen LogP contribution in [0.2, 0.25) is 0 Å². The summed E-state index contributed by atoms with van der Waals surface area (Å²) in [6.07, 6.45) is 0. The molecule has 0 aliphatic heterocycles. The van der Waals surface area contributed by atoms with E-state index >= 15 is 0 Å². The van der Waals surface area contributed by atoms with E-state index in [1.165, 1.54) is 36.4 Å². The molecule has 0 aliphatic rings. The van der Waals surface area contributed by atoms with Crippen molar-refractivity contribution in [2.24, 2.45) is 0 Å². The van der Waals surface area contributed by atoms with Gasteiger partial charge in [-0.2, -0.15) is 0 Å². The molecule has 4 N–H and O–H groups in total. The molecule has 11 heteroatoms. The van der Waals surface area contributed by atoms with E-state index in [0.717, 1.165) is 0 Å². The molecule has 0 aromatic heterocycles. The Labute approximate surface area is 174 Å². The number of hydrogen-bond acceptors (Lipinski definition) is 4. The van der Waals surface area contributed by atoms with E-state index < -0.39 is 17.4 Å². The molecule has 2 aromatic rings. The molecule has 2 rings (SSSR count). The van der Waals surface area contributed by atoms with Crippen molar-refractivity contribution in [1.29, 1.82) is 0 Å². The van der Waals surface area contributed by atoms with Crippen molar-refractivity contribution in [1.82, 2.24) is 0 Å². The van der Waals surface area contributed by atoms with E-state index in [0.29, 0.717) is 0 Å². The molecule has 0 radical (unpaired) electrons.